The molecule has 3 heteroatoms. The maximum absolute atomic E-state index is 11.9. The zero-order chi connectivity index (χ0) is 12.7. The standard InChI is InChI=1S/C15H20O3/c1-7-3-4-10-8(2)13-12-11(10)9(7)5-6-15(12,17)14(16)18-13/h5-13,17H,3-4H2,1-2H3. The molecule has 3 nitrogen and oxygen atoms in total. The fraction of sp³-hybridized carbons (Fsp3) is 0.800. The van der Waals surface area contributed by atoms with Crippen molar-refractivity contribution in [2.24, 2.45) is 35.5 Å². The third-order valence-electron chi connectivity index (χ3n) is 6.16. The van der Waals surface area contributed by atoms with E-state index < -0.39 is 11.6 Å². The number of ether oxygens (including phenoxy) is 1. The summed E-state index contributed by atoms with van der Waals surface area (Å²) in [6.07, 6.45) is 6.25. The van der Waals surface area contributed by atoms with Gasteiger partial charge in [0.1, 0.15) is 6.10 Å². The van der Waals surface area contributed by atoms with Gasteiger partial charge in [0.25, 0.3) is 0 Å². The summed E-state index contributed by atoms with van der Waals surface area (Å²) in [5.41, 5.74) is -1.33. The molecule has 18 heavy (non-hydrogen) atoms. The van der Waals surface area contributed by atoms with Crippen molar-refractivity contribution < 1.29 is 14.6 Å². The molecule has 1 aliphatic heterocycles. The molecule has 1 N–H and O–H groups in total. The molecule has 1 heterocycles. The van der Waals surface area contributed by atoms with E-state index in [1.807, 2.05) is 0 Å². The van der Waals surface area contributed by atoms with Crippen LogP contribution in [0.2, 0.25) is 0 Å². The summed E-state index contributed by atoms with van der Waals surface area (Å²) < 4.78 is 5.52. The number of carbonyl (C=O) groups is 1. The van der Waals surface area contributed by atoms with Crippen LogP contribution in [-0.2, 0) is 9.53 Å². The largest absolute Gasteiger partial charge is 0.459 e. The first-order valence-corrected chi connectivity index (χ1v) is 7.17. The van der Waals surface area contributed by atoms with Gasteiger partial charge in [-0.2, -0.15) is 0 Å². The van der Waals surface area contributed by atoms with Gasteiger partial charge in [0, 0.05) is 5.92 Å². The van der Waals surface area contributed by atoms with Crippen molar-refractivity contribution in [3.63, 3.8) is 0 Å². The lowest BCUT2D eigenvalue weighted by atomic mass is 9.60. The van der Waals surface area contributed by atoms with E-state index in [2.05, 4.69) is 19.9 Å². The number of esters is 1. The number of aliphatic hydroxyl groups is 1. The van der Waals surface area contributed by atoms with E-state index in [0.717, 1.165) is 0 Å². The van der Waals surface area contributed by atoms with Crippen LogP contribution >= 0.6 is 0 Å². The third kappa shape index (κ3) is 1.04. The molecule has 1 saturated heterocycles. The third-order valence-corrected chi connectivity index (χ3v) is 6.16. The first kappa shape index (κ1) is 11.0. The number of rotatable bonds is 0. The van der Waals surface area contributed by atoms with E-state index in [1.165, 1.54) is 12.8 Å². The van der Waals surface area contributed by atoms with Crippen LogP contribution in [0, 0.1) is 35.5 Å². The highest BCUT2D eigenvalue weighted by atomic mass is 16.6. The minimum absolute atomic E-state index is 0.00255. The molecule has 0 radical (unpaired) electrons. The summed E-state index contributed by atoms with van der Waals surface area (Å²) in [6, 6.07) is 0. The van der Waals surface area contributed by atoms with Gasteiger partial charge in [0.2, 0.25) is 0 Å². The number of hydrogen-bond acceptors (Lipinski definition) is 3. The molecule has 3 fully saturated rings. The molecule has 4 aliphatic rings. The Morgan fingerprint density at radius 2 is 2.17 bits per heavy atom. The van der Waals surface area contributed by atoms with E-state index in [4.69, 9.17) is 4.74 Å². The normalized spacial score (nSPS) is 60.6. The van der Waals surface area contributed by atoms with Crippen LogP contribution in [0.4, 0.5) is 0 Å². The molecule has 4 rings (SSSR count). The molecule has 0 spiro atoms. The van der Waals surface area contributed by atoms with Crippen molar-refractivity contribution in [2.45, 2.75) is 38.4 Å². The maximum Gasteiger partial charge on any atom is 0.342 e. The molecule has 0 bridgehead atoms. The first-order chi connectivity index (χ1) is 8.54. The summed E-state index contributed by atoms with van der Waals surface area (Å²) in [5.74, 6) is 2.22. The molecule has 8 unspecified atom stereocenters. The van der Waals surface area contributed by atoms with E-state index in [9.17, 15) is 9.90 Å². The van der Waals surface area contributed by atoms with Crippen molar-refractivity contribution in [1.82, 2.24) is 0 Å². The van der Waals surface area contributed by atoms with Gasteiger partial charge in [-0.05, 0) is 48.5 Å². The maximum atomic E-state index is 11.9. The predicted molar refractivity (Wildman–Crippen MR) is 65.5 cm³/mol. The summed E-state index contributed by atoms with van der Waals surface area (Å²) in [4.78, 5) is 11.9. The Labute approximate surface area is 107 Å². The molecule has 98 valence electrons. The molecule has 8 atom stereocenters. The topological polar surface area (TPSA) is 46.5 Å². The smallest absolute Gasteiger partial charge is 0.342 e. The van der Waals surface area contributed by atoms with Gasteiger partial charge in [0.15, 0.2) is 5.60 Å². The minimum atomic E-state index is -1.33. The van der Waals surface area contributed by atoms with Crippen molar-refractivity contribution >= 4 is 5.97 Å². The summed E-state index contributed by atoms with van der Waals surface area (Å²) in [6.45, 7) is 4.49. The van der Waals surface area contributed by atoms with Crippen LogP contribution in [0.15, 0.2) is 12.2 Å². The van der Waals surface area contributed by atoms with Crippen molar-refractivity contribution in [1.29, 1.82) is 0 Å². The SMILES string of the molecule is CC1CCC2C(C)C3OC(=O)C4(O)C=CC1C2C34. The van der Waals surface area contributed by atoms with E-state index in [0.29, 0.717) is 29.6 Å². The highest BCUT2D eigenvalue weighted by Gasteiger charge is 2.69. The van der Waals surface area contributed by atoms with Gasteiger partial charge in [-0.1, -0.05) is 19.9 Å². The van der Waals surface area contributed by atoms with Gasteiger partial charge < -0.3 is 9.84 Å². The Balaban J connectivity index is 1.87. The average Bonchev–Trinajstić information content (AvgIpc) is 2.77. The van der Waals surface area contributed by atoms with Gasteiger partial charge in [-0.15, -0.1) is 0 Å². The van der Waals surface area contributed by atoms with Gasteiger partial charge >= 0.3 is 5.97 Å². The Morgan fingerprint density at radius 3 is 2.94 bits per heavy atom. The van der Waals surface area contributed by atoms with E-state index in [1.54, 1.807) is 6.08 Å². The molecule has 0 aromatic rings. The summed E-state index contributed by atoms with van der Waals surface area (Å²) in [7, 11) is 0. The minimum Gasteiger partial charge on any atom is -0.459 e. The molecule has 0 aromatic heterocycles. The summed E-state index contributed by atoms with van der Waals surface area (Å²) >= 11 is 0. The Morgan fingerprint density at radius 1 is 1.39 bits per heavy atom. The second-order valence-corrected chi connectivity index (χ2v) is 6.81. The highest BCUT2D eigenvalue weighted by molar-refractivity contribution is 5.85. The van der Waals surface area contributed by atoms with Crippen LogP contribution in [-0.4, -0.2) is 22.8 Å². The second-order valence-electron chi connectivity index (χ2n) is 6.81. The van der Waals surface area contributed by atoms with Crippen LogP contribution in [0.1, 0.15) is 26.7 Å². The molecule has 0 amide bonds. The van der Waals surface area contributed by atoms with Crippen molar-refractivity contribution in [3.8, 4) is 0 Å². The Bertz CT molecular complexity index is 443. The highest BCUT2D eigenvalue weighted by Crippen LogP contribution is 2.62. The molecule has 0 aromatic carbocycles. The summed E-state index contributed by atoms with van der Waals surface area (Å²) in [5, 5.41) is 10.7. The first-order valence-electron chi connectivity index (χ1n) is 7.17. The Kier molecular flexibility index (Phi) is 1.95. The number of allylic oxidation sites excluding steroid dienone is 1. The van der Waals surface area contributed by atoms with E-state index in [-0.39, 0.29) is 12.0 Å². The van der Waals surface area contributed by atoms with Crippen LogP contribution in [0.5, 0.6) is 0 Å². The number of carbonyl (C=O) groups excluding carboxylic acids is 1. The zero-order valence-corrected chi connectivity index (χ0v) is 10.9. The van der Waals surface area contributed by atoms with Crippen LogP contribution < -0.4 is 0 Å². The quantitative estimate of drug-likeness (QED) is 0.525. The van der Waals surface area contributed by atoms with Crippen LogP contribution in [0.3, 0.4) is 0 Å². The fourth-order valence-electron chi connectivity index (χ4n) is 5.25. The van der Waals surface area contributed by atoms with Crippen molar-refractivity contribution in [2.75, 3.05) is 0 Å². The fourth-order valence-corrected chi connectivity index (χ4v) is 5.25. The monoisotopic (exact) mass is 248 g/mol. The Hall–Kier alpha value is -0.830. The zero-order valence-electron chi connectivity index (χ0n) is 10.9. The second kappa shape index (κ2) is 3.19. The lowest BCUT2D eigenvalue weighted by Crippen LogP contribution is -2.49. The number of hydrogen-bond donors (Lipinski definition) is 1. The van der Waals surface area contributed by atoms with Gasteiger partial charge in [-0.25, -0.2) is 4.79 Å². The molecular weight excluding hydrogens is 228 g/mol. The lowest BCUT2D eigenvalue weighted by molar-refractivity contribution is -0.155. The average molecular weight is 248 g/mol. The molecule has 2 saturated carbocycles. The lowest BCUT2D eigenvalue weighted by Gasteiger charge is -2.45. The van der Waals surface area contributed by atoms with E-state index >= 15 is 0 Å². The predicted octanol–water partition coefficient (Wildman–Crippen LogP) is 1.76. The van der Waals surface area contributed by atoms with Crippen molar-refractivity contribution in [3.05, 3.63) is 12.2 Å². The van der Waals surface area contributed by atoms with Crippen LogP contribution in [0.25, 0.3) is 0 Å². The van der Waals surface area contributed by atoms with Gasteiger partial charge in [-0.3, -0.25) is 0 Å². The van der Waals surface area contributed by atoms with Gasteiger partial charge in [0.05, 0.1) is 0 Å². The molecular formula is C15H20O3. The molecule has 3 aliphatic carbocycles.